The molecule has 0 spiro atoms. The Hall–Kier alpha value is -5.03. The van der Waals surface area contributed by atoms with Crippen molar-refractivity contribution in [3.8, 4) is 11.5 Å². The van der Waals surface area contributed by atoms with Crippen molar-refractivity contribution in [1.82, 2.24) is 24.5 Å². The van der Waals surface area contributed by atoms with Crippen molar-refractivity contribution in [2.75, 3.05) is 6.61 Å². The normalized spacial score (nSPS) is 12.9. The predicted octanol–water partition coefficient (Wildman–Crippen LogP) is 2.67. The second-order valence-corrected chi connectivity index (χ2v) is 12.0. The molecule has 17 heteroatoms. The van der Waals surface area contributed by atoms with Crippen molar-refractivity contribution in [2.45, 2.75) is 58.4 Å². The molecule has 3 aromatic carbocycles. The van der Waals surface area contributed by atoms with Gasteiger partial charge in [0.15, 0.2) is 12.4 Å². The van der Waals surface area contributed by atoms with Crippen LogP contribution in [0.1, 0.15) is 40.6 Å². The Balaban J connectivity index is 0.00000605. The van der Waals surface area contributed by atoms with Crippen LogP contribution in [-0.4, -0.2) is 54.6 Å². The summed E-state index contributed by atoms with van der Waals surface area (Å²) >= 11 is 0. The highest BCUT2D eigenvalue weighted by Gasteiger charge is 2.41. The van der Waals surface area contributed by atoms with E-state index in [-0.39, 0.29) is 47.2 Å². The van der Waals surface area contributed by atoms with Gasteiger partial charge >= 0.3 is 18.3 Å². The van der Waals surface area contributed by atoms with Gasteiger partial charge in [-0.1, -0.05) is 24.3 Å². The Labute approximate surface area is 304 Å². The van der Waals surface area contributed by atoms with Crippen molar-refractivity contribution >= 4 is 18.1 Å². The molecule has 0 saturated heterocycles. The van der Waals surface area contributed by atoms with E-state index in [4.69, 9.17) is 9.47 Å². The van der Waals surface area contributed by atoms with Gasteiger partial charge in [-0.3, -0.25) is 4.79 Å². The molecule has 5 rings (SSSR count). The summed E-state index contributed by atoms with van der Waals surface area (Å²) in [7, 11) is 0. The van der Waals surface area contributed by atoms with Crippen LogP contribution in [0.15, 0.2) is 73.6 Å². The average molecular weight is 796 g/mol. The number of aryl methyl sites for hydroxylation is 2. The fourth-order valence-electron chi connectivity index (χ4n) is 5.35. The van der Waals surface area contributed by atoms with E-state index in [1.165, 1.54) is 59.3 Å². The van der Waals surface area contributed by atoms with E-state index in [0.717, 1.165) is 28.8 Å². The zero-order valence-electron chi connectivity index (χ0n) is 28.0. The number of rotatable bonds is 14. The van der Waals surface area contributed by atoms with Crippen LogP contribution in [0.3, 0.4) is 0 Å². The number of carbonyl (C=O) groups is 1. The number of hydrogen-bond acceptors (Lipinski definition) is 7. The molecule has 0 amide bonds. The molecule has 0 radical (unpaired) electrons. The van der Waals surface area contributed by atoms with Gasteiger partial charge in [0.2, 0.25) is 6.33 Å². The number of alkyl halides is 4. The van der Waals surface area contributed by atoms with E-state index in [2.05, 4.69) is 15.2 Å². The summed E-state index contributed by atoms with van der Waals surface area (Å²) < 4.78 is 94.5. The molecule has 52 heavy (non-hydrogen) atoms. The Morgan fingerprint density at radius 1 is 1.00 bits per heavy atom. The number of nitrogens with zero attached hydrogens (tertiary/aromatic N) is 6. The molecule has 0 bridgehead atoms. The SMILES string of the molecule is CC(=O)Oc1c(C)cc(C[n+]2cnn(C[C@@](O)(Cn3cnc(C=Cc4ccc(OCC(F)(F)C(F)F)cc4)n3)c3ccc(F)cc3F)c2)cc1C.[Br-]. The average Bonchev–Trinajstić information content (AvgIpc) is 3.69. The first-order chi connectivity index (χ1) is 24.1. The summed E-state index contributed by atoms with van der Waals surface area (Å²) in [6.07, 6.45) is 3.74. The van der Waals surface area contributed by atoms with Crippen molar-refractivity contribution in [3.63, 3.8) is 0 Å². The molecule has 0 aliphatic heterocycles. The minimum absolute atomic E-state index is 0. The van der Waals surface area contributed by atoms with Gasteiger partial charge in [-0.05, 0) is 72.5 Å². The number of hydrogen-bond donors (Lipinski definition) is 1. The van der Waals surface area contributed by atoms with Crippen LogP contribution in [0.4, 0.5) is 26.3 Å². The first kappa shape index (κ1) is 39.8. The van der Waals surface area contributed by atoms with E-state index in [0.29, 0.717) is 23.9 Å². The van der Waals surface area contributed by atoms with Gasteiger partial charge in [-0.15, -0.1) is 4.68 Å². The molecule has 0 saturated carbocycles. The maximum absolute atomic E-state index is 15.1. The number of ether oxygens (including phenoxy) is 2. The minimum atomic E-state index is -4.28. The predicted molar refractivity (Wildman–Crippen MR) is 171 cm³/mol. The molecule has 0 fully saturated rings. The van der Waals surface area contributed by atoms with E-state index >= 15 is 4.39 Å². The molecular weight excluding hydrogens is 762 g/mol. The van der Waals surface area contributed by atoms with Crippen LogP contribution < -0.4 is 31.0 Å². The number of carbonyl (C=O) groups excluding carboxylic acids is 1. The summed E-state index contributed by atoms with van der Waals surface area (Å²) in [6.45, 7) is 3.35. The Morgan fingerprint density at radius 3 is 2.31 bits per heavy atom. The maximum atomic E-state index is 15.1. The highest BCUT2D eigenvalue weighted by molar-refractivity contribution is 5.70. The molecule has 0 aliphatic carbocycles. The van der Waals surface area contributed by atoms with Crippen LogP contribution in [0.25, 0.3) is 12.2 Å². The van der Waals surface area contributed by atoms with Crippen LogP contribution in [-0.2, 0) is 30.0 Å². The summed E-state index contributed by atoms with van der Waals surface area (Å²) in [6, 6.07) is 12.3. The minimum Gasteiger partial charge on any atom is -1.00 e. The molecule has 1 atom stereocenters. The summed E-state index contributed by atoms with van der Waals surface area (Å²) in [4.78, 5) is 15.7. The van der Waals surface area contributed by atoms with E-state index < -0.39 is 42.2 Å². The number of benzene rings is 3. The standard InChI is InChI=1S/C35H33F6N6O4.BrH/c1-22-12-26(13-23(2)32(22)51-24(3)48)15-45-20-43-47(21-45)17-34(49,29-10-7-27(36)14-30(29)37)16-46-19-42-31(44-46)11-6-25-4-8-28(9-5-25)50-18-35(40,41)33(38)39;/h4-14,19-21,33,49H,15-18H2,1-3H3;1H/q+1;/p-1/t34-;/m0./s1. The lowest BCUT2D eigenvalue weighted by Crippen LogP contribution is -3.00. The highest BCUT2D eigenvalue weighted by Crippen LogP contribution is 2.29. The Bertz CT molecular complexity index is 2020. The van der Waals surface area contributed by atoms with Crippen LogP contribution in [0.2, 0.25) is 0 Å². The number of esters is 1. The van der Waals surface area contributed by atoms with Gasteiger partial charge in [-0.2, -0.15) is 13.9 Å². The fraction of sp³-hybridized carbons (Fsp3) is 0.286. The number of halogens is 7. The first-order valence-corrected chi connectivity index (χ1v) is 15.4. The van der Waals surface area contributed by atoms with Crippen LogP contribution in [0.5, 0.6) is 11.5 Å². The molecule has 276 valence electrons. The smallest absolute Gasteiger partial charge is 0.340 e. The highest BCUT2D eigenvalue weighted by atomic mass is 79.9. The van der Waals surface area contributed by atoms with Crippen LogP contribution in [0, 0.1) is 25.5 Å². The number of aliphatic hydroxyl groups is 1. The molecule has 0 unspecified atom stereocenters. The lowest BCUT2D eigenvalue weighted by Gasteiger charge is -2.26. The second-order valence-electron chi connectivity index (χ2n) is 12.0. The third kappa shape index (κ3) is 10.1. The fourth-order valence-corrected chi connectivity index (χ4v) is 5.35. The summed E-state index contributed by atoms with van der Waals surface area (Å²) in [5.74, 6) is -5.82. The quantitative estimate of drug-likeness (QED) is 0.0798. The molecule has 10 nitrogen and oxygen atoms in total. The van der Waals surface area contributed by atoms with Gasteiger partial charge in [0.25, 0.3) is 6.33 Å². The topological polar surface area (TPSA) is 108 Å². The van der Waals surface area contributed by atoms with E-state index in [1.54, 1.807) is 17.0 Å². The molecular formula is C35H33BrF6N6O4. The monoisotopic (exact) mass is 794 g/mol. The second kappa shape index (κ2) is 16.5. The maximum Gasteiger partial charge on any atom is 0.340 e. The summed E-state index contributed by atoms with van der Waals surface area (Å²) in [5.41, 5.74) is 0.859. The molecule has 0 aliphatic rings. The molecule has 2 aromatic heterocycles. The van der Waals surface area contributed by atoms with E-state index in [1.807, 2.05) is 26.0 Å². The molecule has 5 aromatic rings. The van der Waals surface area contributed by atoms with Crippen molar-refractivity contribution in [2.24, 2.45) is 0 Å². The van der Waals surface area contributed by atoms with Gasteiger partial charge in [0.05, 0.1) is 13.1 Å². The Kier molecular flexibility index (Phi) is 12.6. The first-order valence-electron chi connectivity index (χ1n) is 15.4. The molecule has 1 N–H and O–H groups in total. The lowest BCUT2D eigenvalue weighted by atomic mass is 9.93. The van der Waals surface area contributed by atoms with E-state index in [9.17, 15) is 31.9 Å². The van der Waals surface area contributed by atoms with Gasteiger partial charge in [0.1, 0.15) is 41.6 Å². The van der Waals surface area contributed by atoms with Crippen molar-refractivity contribution in [1.29, 1.82) is 0 Å². The zero-order valence-corrected chi connectivity index (χ0v) is 29.6. The lowest BCUT2D eigenvalue weighted by molar-refractivity contribution is -0.689. The Morgan fingerprint density at radius 2 is 1.67 bits per heavy atom. The number of aromatic nitrogens is 6. The van der Waals surface area contributed by atoms with Crippen LogP contribution >= 0.6 is 0 Å². The van der Waals surface area contributed by atoms with Crippen molar-refractivity contribution < 1.29 is 67.3 Å². The van der Waals surface area contributed by atoms with Crippen molar-refractivity contribution in [3.05, 3.63) is 119 Å². The molecule has 2 heterocycles. The van der Waals surface area contributed by atoms with Gasteiger partial charge in [0, 0.05) is 23.7 Å². The zero-order chi connectivity index (χ0) is 36.9. The van der Waals surface area contributed by atoms with Gasteiger partial charge in [-0.25, -0.2) is 31.8 Å². The third-order valence-corrected chi connectivity index (χ3v) is 7.65. The largest absolute Gasteiger partial charge is 1.00 e. The summed E-state index contributed by atoms with van der Waals surface area (Å²) in [5, 5.41) is 20.6. The third-order valence-electron chi connectivity index (χ3n) is 7.65. The van der Waals surface area contributed by atoms with Gasteiger partial charge < -0.3 is 31.6 Å².